The molecule has 0 atom stereocenters. The van der Waals surface area contributed by atoms with E-state index in [1.807, 2.05) is 6.07 Å². The number of anilines is 1. The molecule has 2 heterocycles. The predicted molar refractivity (Wildman–Crippen MR) is 59.8 cm³/mol. The van der Waals surface area contributed by atoms with Crippen molar-refractivity contribution in [2.24, 2.45) is 0 Å². The van der Waals surface area contributed by atoms with Gasteiger partial charge < -0.3 is 4.90 Å². The van der Waals surface area contributed by atoms with Gasteiger partial charge in [0.15, 0.2) is 0 Å². The van der Waals surface area contributed by atoms with Crippen LogP contribution in [0.1, 0.15) is 0 Å². The molecule has 13 heavy (non-hydrogen) atoms. The Hall–Kier alpha value is -0.430. The third kappa shape index (κ3) is 2.28. The van der Waals surface area contributed by atoms with Crippen molar-refractivity contribution >= 4 is 28.8 Å². The minimum Gasteiger partial charge on any atom is -0.338 e. The van der Waals surface area contributed by atoms with Crippen molar-refractivity contribution in [1.82, 2.24) is 13.1 Å². The molecule has 0 unspecified atom stereocenters. The van der Waals surface area contributed by atoms with Gasteiger partial charge in [-0.05, 0) is 6.07 Å². The lowest BCUT2D eigenvalue weighted by atomic mass is 10.4. The van der Waals surface area contributed by atoms with Crippen LogP contribution in [0.3, 0.4) is 0 Å². The van der Waals surface area contributed by atoms with Gasteiger partial charge in [0.1, 0.15) is 0 Å². The molecule has 1 aliphatic rings. The van der Waals surface area contributed by atoms with E-state index < -0.39 is 0 Å². The first-order valence-corrected chi connectivity index (χ1v) is 5.25. The second-order valence-corrected chi connectivity index (χ2v) is 4.31. The van der Waals surface area contributed by atoms with Crippen molar-refractivity contribution in [3.05, 3.63) is 18.5 Å². The van der Waals surface area contributed by atoms with E-state index in [0.29, 0.717) is 0 Å². The minimum atomic E-state index is 0.854. The zero-order chi connectivity index (χ0) is 9.10. The zero-order valence-corrected chi connectivity index (χ0v) is 9.38. The summed E-state index contributed by atoms with van der Waals surface area (Å²) < 4.78 is 2.29. The van der Waals surface area contributed by atoms with Crippen molar-refractivity contribution in [3.8, 4) is 0 Å². The molecule has 1 saturated heterocycles. The summed E-state index contributed by atoms with van der Waals surface area (Å²) in [5.74, 6) is 0.854. The first kappa shape index (κ1) is 9.14. The predicted octanol–water partition coefficient (Wildman–Crippen LogP) is 0.949. The molecule has 0 amide bonds. The second-order valence-electron chi connectivity index (χ2n) is 2.95. The monoisotopic (exact) mass is 290 g/mol. The van der Waals surface area contributed by atoms with E-state index in [1.54, 1.807) is 12.4 Å². The van der Waals surface area contributed by atoms with E-state index in [0.717, 1.165) is 32.1 Å². The van der Waals surface area contributed by atoms with Crippen LogP contribution in [0, 0.1) is 0 Å². The Morgan fingerprint density at radius 1 is 1.08 bits per heavy atom. The number of aromatic nitrogens is 2. The van der Waals surface area contributed by atoms with Crippen molar-refractivity contribution in [2.45, 2.75) is 0 Å². The summed E-state index contributed by atoms with van der Waals surface area (Å²) in [5.41, 5.74) is 0. The standard InChI is InChI=1S/C8H11IN4/c9-13-6-4-12(5-7-13)8-10-2-1-3-11-8/h1-3H,4-7H2. The highest BCUT2D eigenvalue weighted by Crippen LogP contribution is 2.11. The Labute approximate surface area is 91.5 Å². The lowest BCUT2D eigenvalue weighted by Crippen LogP contribution is -2.42. The van der Waals surface area contributed by atoms with E-state index >= 15 is 0 Å². The van der Waals surface area contributed by atoms with E-state index in [1.165, 1.54) is 0 Å². The number of rotatable bonds is 1. The fourth-order valence-corrected chi connectivity index (χ4v) is 1.77. The molecule has 0 spiro atoms. The molecule has 4 nitrogen and oxygen atoms in total. The molecule has 0 radical (unpaired) electrons. The Bertz CT molecular complexity index is 258. The molecule has 1 fully saturated rings. The zero-order valence-electron chi connectivity index (χ0n) is 7.23. The van der Waals surface area contributed by atoms with Crippen LogP contribution in [-0.2, 0) is 0 Å². The lowest BCUT2D eigenvalue weighted by molar-refractivity contribution is 0.456. The van der Waals surface area contributed by atoms with Gasteiger partial charge in [-0.25, -0.2) is 13.1 Å². The van der Waals surface area contributed by atoms with Crippen LogP contribution < -0.4 is 4.90 Å². The van der Waals surface area contributed by atoms with Gasteiger partial charge in [-0.2, -0.15) is 0 Å². The van der Waals surface area contributed by atoms with Crippen molar-refractivity contribution in [3.63, 3.8) is 0 Å². The summed E-state index contributed by atoms with van der Waals surface area (Å²) in [4.78, 5) is 10.7. The smallest absolute Gasteiger partial charge is 0.225 e. The average molecular weight is 290 g/mol. The number of nitrogens with zero attached hydrogens (tertiary/aromatic N) is 4. The van der Waals surface area contributed by atoms with E-state index in [9.17, 15) is 0 Å². The lowest BCUT2D eigenvalue weighted by Gasteiger charge is -2.30. The second kappa shape index (κ2) is 4.19. The van der Waals surface area contributed by atoms with E-state index in [2.05, 4.69) is 40.8 Å². The quantitative estimate of drug-likeness (QED) is 0.569. The van der Waals surface area contributed by atoms with E-state index in [4.69, 9.17) is 0 Å². The van der Waals surface area contributed by atoms with Gasteiger partial charge in [0.25, 0.3) is 0 Å². The Kier molecular flexibility index (Phi) is 2.94. The summed E-state index contributed by atoms with van der Waals surface area (Å²) in [7, 11) is 0. The summed E-state index contributed by atoms with van der Waals surface area (Å²) in [5, 5.41) is 0. The maximum atomic E-state index is 4.22. The molecular formula is C8H11IN4. The molecule has 5 heteroatoms. The van der Waals surface area contributed by atoms with Crippen LogP contribution in [-0.4, -0.2) is 39.3 Å². The molecule has 0 aliphatic carbocycles. The van der Waals surface area contributed by atoms with Crippen LogP contribution in [0.4, 0.5) is 5.95 Å². The maximum absolute atomic E-state index is 4.22. The van der Waals surface area contributed by atoms with Gasteiger partial charge in [0.05, 0.1) is 0 Å². The molecule has 2 rings (SSSR count). The van der Waals surface area contributed by atoms with Gasteiger partial charge in [-0.15, -0.1) is 0 Å². The number of halogens is 1. The van der Waals surface area contributed by atoms with Crippen molar-refractivity contribution in [1.29, 1.82) is 0 Å². The third-order valence-electron chi connectivity index (χ3n) is 2.06. The Morgan fingerprint density at radius 2 is 1.69 bits per heavy atom. The number of hydrogen-bond acceptors (Lipinski definition) is 4. The summed E-state index contributed by atoms with van der Waals surface area (Å²) in [6.07, 6.45) is 3.58. The van der Waals surface area contributed by atoms with E-state index in [-0.39, 0.29) is 0 Å². The summed E-state index contributed by atoms with van der Waals surface area (Å²) >= 11 is 2.35. The fraction of sp³-hybridized carbons (Fsp3) is 0.500. The van der Waals surface area contributed by atoms with Crippen LogP contribution in [0.15, 0.2) is 18.5 Å². The van der Waals surface area contributed by atoms with Gasteiger partial charge in [-0.3, -0.25) is 0 Å². The average Bonchev–Trinajstić information content (AvgIpc) is 2.20. The maximum Gasteiger partial charge on any atom is 0.225 e. The van der Waals surface area contributed by atoms with Crippen LogP contribution >= 0.6 is 22.9 Å². The fourth-order valence-electron chi connectivity index (χ4n) is 1.34. The third-order valence-corrected chi connectivity index (χ3v) is 3.02. The SMILES string of the molecule is IN1CCN(c2ncccn2)CC1. The molecule has 0 aromatic carbocycles. The first-order chi connectivity index (χ1) is 6.36. The largest absolute Gasteiger partial charge is 0.338 e. The summed E-state index contributed by atoms with van der Waals surface area (Å²) in [6.45, 7) is 4.21. The highest BCUT2D eigenvalue weighted by molar-refractivity contribution is 14.1. The molecule has 0 bridgehead atoms. The van der Waals surface area contributed by atoms with Crippen molar-refractivity contribution in [2.75, 3.05) is 31.1 Å². The Morgan fingerprint density at radius 3 is 2.31 bits per heavy atom. The van der Waals surface area contributed by atoms with Crippen LogP contribution in [0.5, 0.6) is 0 Å². The van der Waals surface area contributed by atoms with Crippen LogP contribution in [0.2, 0.25) is 0 Å². The normalized spacial score (nSPS) is 19.0. The van der Waals surface area contributed by atoms with Gasteiger partial charge in [-0.1, -0.05) is 0 Å². The molecular weight excluding hydrogens is 279 g/mol. The summed E-state index contributed by atoms with van der Waals surface area (Å²) in [6, 6.07) is 1.85. The van der Waals surface area contributed by atoms with Gasteiger partial charge in [0.2, 0.25) is 5.95 Å². The molecule has 1 aromatic heterocycles. The minimum absolute atomic E-state index is 0.854. The topological polar surface area (TPSA) is 32.3 Å². The van der Waals surface area contributed by atoms with Crippen molar-refractivity contribution < 1.29 is 0 Å². The van der Waals surface area contributed by atoms with Crippen LogP contribution in [0.25, 0.3) is 0 Å². The number of hydrogen-bond donors (Lipinski definition) is 0. The van der Waals surface area contributed by atoms with Gasteiger partial charge >= 0.3 is 0 Å². The van der Waals surface area contributed by atoms with Gasteiger partial charge in [0, 0.05) is 61.4 Å². The molecule has 70 valence electrons. The molecule has 1 aliphatic heterocycles. The Balaban J connectivity index is 2.03. The molecule has 0 saturated carbocycles. The highest BCUT2D eigenvalue weighted by Gasteiger charge is 2.16. The number of piperazine rings is 1. The molecule has 1 aromatic rings. The molecule has 0 N–H and O–H groups in total. The first-order valence-electron chi connectivity index (χ1n) is 4.29. The highest BCUT2D eigenvalue weighted by atomic mass is 127.